The van der Waals surface area contributed by atoms with Crippen LogP contribution in [0.15, 0.2) is 24.4 Å². The second kappa shape index (κ2) is 5.46. The lowest BCUT2D eigenvalue weighted by Gasteiger charge is -2.30. The van der Waals surface area contributed by atoms with Crippen molar-refractivity contribution >= 4 is 17.8 Å². The number of hydrogen-bond donors (Lipinski definition) is 3. The lowest BCUT2D eigenvalue weighted by Crippen LogP contribution is -2.56. The second-order valence-corrected chi connectivity index (χ2v) is 3.94. The lowest BCUT2D eigenvalue weighted by molar-refractivity contribution is -0.119. The molecule has 1 aliphatic rings. The molecule has 2 rings (SSSR count). The van der Waals surface area contributed by atoms with Crippen molar-refractivity contribution in [3.05, 3.63) is 24.4 Å². The molecule has 1 fully saturated rings. The topological polar surface area (TPSA) is 94.6 Å². The average Bonchev–Trinajstić information content (AvgIpc) is 2.40. The second-order valence-electron chi connectivity index (χ2n) is 3.94. The van der Waals surface area contributed by atoms with Crippen molar-refractivity contribution in [1.82, 2.24) is 15.2 Å². The Morgan fingerprint density at radius 1 is 1.50 bits per heavy atom. The van der Waals surface area contributed by atoms with Crippen LogP contribution < -0.4 is 10.6 Å². The SMILES string of the molecule is O=C(Nc1ccccn1)C1CN(C(=O)O)CCN1. The molecule has 0 bridgehead atoms. The van der Waals surface area contributed by atoms with Gasteiger partial charge in [0.05, 0.1) is 0 Å². The van der Waals surface area contributed by atoms with Gasteiger partial charge in [-0.05, 0) is 12.1 Å². The van der Waals surface area contributed by atoms with Crippen LogP contribution in [-0.2, 0) is 4.79 Å². The van der Waals surface area contributed by atoms with Gasteiger partial charge < -0.3 is 20.6 Å². The van der Waals surface area contributed by atoms with Gasteiger partial charge in [-0.2, -0.15) is 0 Å². The zero-order valence-corrected chi connectivity index (χ0v) is 9.67. The highest BCUT2D eigenvalue weighted by molar-refractivity contribution is 5.94. The minimum atomic E-state index is -1.01. The van der Waals surface area contributed by atoms with Crippen molar-refractivity contribution < 1.29 is 14.7 Å². The van der Waals surface area contributed by atoms with Gasteiger partial charge >= 0.3 is 6.09 Å². The van der Waals surface area contributed by atoms with Gasteiger partial charge in [0.1, 0.15) is 11.9 Å². The van der Waals surface area contributed by atoms with Crippen LogP contribution in [0.3, 0.4) is 0 Å². The van der Waals surface area contributed by atoms with E-state index in [1.807, 2.05) is 0 Å². The molecule has 0 radical (unpaired) electrons. The maximum Gasteiger partial charge on any atom is 0.407 e. The molecule has 1 unspecified atom stereocenters. The number of pyridine rings is 1. The highest BCUT2D eigenvalue weighted by Gasteiger charge is 2.27. The predicted octanol–water partition coefficient (Wildman–Crippen LogP) is -0.0281. The van der Waals surface area contributed by atoms with E-state index in [9.17, 15) is 9.59 Å². The summed E-state index contributed by atoms with van der Waals surface area (Å²) in [6, 6.07) is 4.65. The first-order valence-electron chi connectivity index (χ1n) is 5.60. The van der Waals surface area contributed by atoms with Crippen molar-refractivity contribution in [2.24, 2.45) is 0 Å². The first-order valence-corrected chi connectivity index (χ1v) is 5.60. The van der Waals surface area contributed by atoms with Gasteiger partial charge in [0.25, 0.3) is 0 Å². The fourth-order valence-electron chi connectivity index (χ4n) is 1.75. The maximum absolute atomic E-state index is 11.9. The summed E-state index contributed by atoms with van der Waals surface area (Å²) in [5.41, 5.74) is 0. The fourth-order valence-corrected chi connectivity index (χ4v) is 1.75. The summed E-state index contributed by atoms with van der Waals surface area (Å²) in [6.45, 7) is 1.00. The average molecular weight is 250 g/mol. The molecule has 96 valence electrons. The molecule has 1 atom stereocenters. The van der Waals surface area contributed by atoms with E-state index in [-0.39, 0.29) is 12.5 Å². The Morgan fingerprint density at radius 3 is 3.00 bits per heavy atom. The largest absolute Gasteiger partial charge is 0.465 e. The molecule has 1 saturated heterocycles. The summed E-state index contributed by atoms with van der Waals surface area (Å²) in [4.78, 5) is 27.9. The van der Waals surface area contributed by atoms with E-state index in [1.165, 1.54) is 4.90 Å². The van der Waals surface area contributed by atoms with Crippen LogP contribution in [0.2, 0.25) is 0 Å². The summed E-state index contributed by atoms with van der Waals surface area (Å²) in [6.07, 6.45) is 0.570. The fraction of sp³-hybridized carbons (Fsp3) is 0.364. The first kappa shape index (κ1) is 12.3. The molecule has 0 aromatic carbocycles. The first-order chi connectivity index (χ1) is 8.66. The number of amides is 2. The molecular formula is C11H14N4O3. The van der Waals surface area contributed by atoms with Crippen LogP contribution in [0, 0.1) is 0 Å². The molecule has 2 heterocycles. The van der Waals surface area contributed by atoms with Crippen molar-refractivity contribution in [3.8, 4) is 0 Å². The maximum atomic E-state index is 11.9. The van der Waals surface area contributed by atoms with E-state index >= 15 is 0 Å². The Labute approximate surface area is 104 Å². The van der Waals surface area contributed by atoms with Crippen LogP contribution in [0.25, 0.3) is 0 Å². The van der Waals surface area contributed by atoms with E-state index in [0.717, 1.165) is 0 Å². The van der Waals surface area contributed by atoms with Crippen molar-refractivity contribution in [2.75, 3.05) is 25.0 Å². The third-order valence-electron chi connectivity index (χ3n) is 2.68. The Bertz CT molecular complexity index is 437. The van der Waals surface area contributed by atoms with Gasteiger partial charge in [0, 0.05) is 25.8 Å². The number of piperazine rings is 1. The molecule has 2 amide bonds. The predicted molar refractivity (Wildman–Crippen MR) is 64.3 cm³/mol. The Balaban J connectivity index is 1.95. The zero-order chi connectivity index (χ0) is 13.0. The van der Waals surface area contributed by atoms with Gasteiger partial charge in [0.2, 0.25) is 5.91 Å². The number of aromatic nitrogens is 1. The summed E-state index contributed by atoms with van der Waals surface area (Å²) in [7, 11) is 0. The van der Waals surface area contributed by atoms with E-state index in [1.54, 1.807) is 24.4 Å². The normalized spacial score (nSPS) is 19.3. The summed E-state index contributed by atoms with van der Waals surface area (Å²) >= 11 is 0. The Kier molecular flexibility index (Phi) is 3.73. The van der Waals surface area contributed by atoms with Gasteiger partial charge in [0.15, 0.2) is 0 Å². The molecule has 18 heavy (non-hydrogen) atoms. The summed E-state index contributed by atoms with van der Waals surface area (Å²) in [5, 5.41) is 14.5. The molecule has 0 spiro atoms. The van der Waals surface area contributed by atoms with E-state index < -0.39 is 12.1 Å². The number of carbonyl (C=O) groups is 2. The number of carbonyl (C=O) groups excluding carboxylic acids is 1. The molecule has 7 heteroatoms. The van der Waals surface area contributed by atoms with Crippen LogP contribution >= 0.6 is 0 Å². The summed E-state index contributed by atoms with van der Waals surface area (Å²) < 4.78 is 0. The molecule has 1 aromatic heterocycles. The molecule has 7 nitrogen and oxygen atoms in total. The minimum absolute atomic E-state index is 0.147. The quantitative estimate of drug-likeness (QED) is 0.685. The number of hydrogen-bond acceptors (Lipinski definition) is 4. The number of nitrogens with one attached hydrogen (secondary N) is 2. The van der Waals surface area contributed by atoms with Gasteiger partial charge in [-0.1, -0.05) is 6.07 Å². The van der Waals surface area contributed by atoms with Gasteiger partial charge in [-0.15, -0.1) is 0 Å². The number of nitrogens with zero attached hydrogens (tertiary/aromatic N) is 2. The monoisotopic (exact) mass is 250 g/mol. The Hall–Kier alpha value is -2.15. The van der Waals surface area contributed by atoms with E-state index in [2.05, 4.69) is 15.6 Å². The van der Waals surface area contributed by atoms with Crippen LogP contribution in [0.1, 0.15) is 0 Å². The smallest absolute Gasteiger partial charge is 0.407 e. The van der Waals surface area contributed by atoms with Crippen LogP contribution in [0.4, 0.5) is 10.6 Å². The van der Waals surface area contributed by atoms with E-state index in [0.29, 0.717) is 18.9 Å². The number of rotatable bonds is 2. The highest BCUT2D eigenvalue weighted by Crippen LogP contribution is 2.04. The number of anilines is 1. The Morgan fingerprint density at radius 2 is 2.33 bits per heavy atom. The number of carboxylic acid groups (broad SMARTS) is 1. The molecule has 1 aliphatic heterocycles. The van der Waals surface area contributed by atoms with Crippen molar-refractivity contribution in [2.45, 2.75) is 6.04 Å². The molecule has 0 saturated carbocycles. The molecular weight excluding hydrogens is 236 g/mol. The van der Waals surface area contributed by atoms with Crippen LogP contribution in [-0.4, -0.2) is 52.7 Å². The minimum Gasteiger partial charge on any atom is -0.465 e. The van der Waals surface area contributed by atoms with Crippen LogP contribution in [0.5, 0.6) is 0 Å². The third kappa shape index (κ3) is 2.95. The lowest BCUT2D eigenvalue weighted by atomic mass is 10.2. The standard InChI is InChI=1S/C11H14N4O3/c16-10(14-9-3-1-2-4-13-9)8-7-15(11(17)18)6-5-12-8/h1-4,8,12H,5-7H2,(H,17,18)(H,13,14,16). The van der Waals surface area contributed by atoms with Gasteiger partial charge in [-0.3, -0.25) is 4.79 Å². The highest BCUT2D eigenvalue weighted by atomic mass is 16.4. The molecule has 1 aromatic rings. The molecule has 0 aliphatic carbocycles. The van der Waals surface area contributed by atoms with Crippen molar-refractivity contribution in [1.29, 1.82) is 0 Å². The van der Waals surface area contributed by atoms with E-state index in [4.69, 9.17) is 5.11 Å². The third-order valence-corrected chi connectivity index (χ3v) is 2.68. The summed E-state index contributed by atoms with van der Waals surface area (Å²) in [5.74, 6) is 0.177. The molecule has 3 N–H and O–H groups in total. The zero-order valence-electron chi connectivity index (χ0n) is 9.67. The van der Waals surface area contributed by atoms with Gasteiger partial charge in [-0.25, -0.2) is 9.78 Å². The van der Waals surface area contributed by atoms with Crippen molar-refractivity contribution in [3.63, 3.8) is 0 Å².